The summed E-state index contributed by atoms with van der Waals surface area (Å²) in [5.41, 5.74) is 28.1. The molecule has 1 amide bonds. The van der Waals surface area contributed by atoms with Gasteiger partial charge < -0.3 is 34.0 Å². The van der Waals surface area contributed by atoms with E-state index in [1.165, 1.54) is 0 Å². The van der Waals surface area contributed by atoms with E-state index in [0.29, 0.717) is 97.1 Å². The highest BCUT2D eigenvalue weighted by Gasteiger charge is 2.24. The van der Waals surface area contributed by atoms with Gasteiger partial charge in [0.1, 0.15) is 28.9 Å². The predicted molar refractivity (Wildman–Crippen MR) is 246 cm³/mol. The van der Waals surface area contributed by atoms with Crippen LogP contribution in [0.4, 0.5) is 0 Å². The van der Waals surface area contributed by atoms with Crippen LogP contribution in [-0.4, -0.2) is 74.1 Å². The smallest absolute Gasteiger partial charge is 0.220 e. The first-order valence-corrected chi connectivity index (χ1v) is 24.5. The third kappa shape index (κ3) is 34.2. The molecule has 3 atom stereocenters. The summed E-state index contributed by atoms with van der Waals surface area (Å²) in [4.78, 5) is 78.0. The SMILES string of the molecule is NCCCCCC(=O)CC(CCCCCCC(=O)CC(CCCCCN)C(=O)CCCCCN)C(=O)CCCCCNC(=O)CC(CCCCCN)C(=O)CCCCCN. The molecule has 0 rings (SSSR count). The van der Waals surface area contributed by atoms with Crippen molar-refractivity contribution < 1.29 is 28.8 Å². The van der Waals surface area contributed by atoms with E-state index in [1.807, 2.05) is 0 Å². The molecule has 0 aromatic carbocycles. The van der Waals surface area contributed by atoms with Gasteiger partial charge in [0.2, 0.25) is 5.91 Å². The van der Waals surface area contributed by atoms with E-state index in [2.05, 4.69) is 5.32 Å². The van der Waals surface area contributed by atoms with Crippen LogP contribution in [0.2, 0.25) is 0 Å². The Morgan fingerprint density at radius 3 is 0.967 bits per heavy atom. The molecule has 0 saturated heterocycles. The predicted octanol–water partition coefficient (Wildman–Crippen LogP) is 7.46. The van der Waals surface area contributed by atoms with Gasteiger partial charge in [0.05, 0.1) is 0 Å². The molecule has 0 radical (unpaired) electrons. The summed E-state index contributed by atoms with van der Waals surface area (Å²) in [6, 6.07) is 0. The number of unbranched alkanes of at least 4 members (excludes halogenated alkanes) is 15. The zero-order chi connectivity index (χ0) is 44.5. The molecule has 12 nitrogen and oxygen atoms in total. The van der Waals surface area contributed by atoms with Crippen molar-refractivity contribution in [1.82, 2.24) is 5.32 Å². The number of rotatable bonds is 47. The first-order valence-electron chi connectivity index (χ1n) is 24.5. The number of carbonyl (C=O) groups excluding carboxylic acids is 6. The number of nitrogens with two attached hydrogens (primary N) is 5. The van der Waals surface area contributed by atoms with Crippen molar-refractivity contribution >= 4 is 34.8 Å². The molecule has 3 unspecified atom stereocenters. The van der Waals surface area contributed by atoms with Crippen molar-refractivity contribution in [3.8, 4) is 0 Å². The summed E-state index contributed by atoms with van der Waals surface area (Å²) in [6.45, 7) is 3.64. The summed E-state index contributed by atoms with van der Waals surface area (Å²) in [7, 11) is 0. The maximum atomic E-state index is 13.4. The van der Waals surface area contributed by atoms with Gasteiger partial charge in [-0.1, -0.05) is 70.6 Å². The van der Waals surface area contributed by atoms with E-state index >= 15 is 0 Å². The van der Waals surface area contributed by atoms with Crippen molar-refractivity contribution in [3.63, 3.8) is 0 Å². The molecule has 12 heteroatoms. The molecule has 11 N–H and O–H groups in total. The highest BCUT2D eigenvalue weighted by molar-refractivity contribution is 5.89. The summed E-state index contributed by atoms with van der Waals surface area (Å²) < 4.78 is 0. The molecular formula is C48H92N6O6. The van der Waals surface area contributed by atoms with Crippen LogP contribution in [0.5, 0.6) is 0 Å². The molecule has 0 bridgehead atoms. The van der Waals surface area contributed by atoms with Crippen molar-refractivity contribution in [2.75, 3.05) is 39.3 Å². The van der Waals surface area contributed by atoms with Gasteiger partial charge in [-0.25, -0.2) is 0 Å². The third-order valence-corrected chi connectivity index (χ3v) is 11.9. The van der Waals surface area contributed by atoms with E-state index < -0.39 is 0 Å². The second-order valence-electron chi connectivity index (χ2n) is 17.4. The number of nitrogens with one attached hydrogen (secondary N) is 1. The lowest BCUT2D eigenvalue weighted by molar-refractivity contribution is -0.129. The minimum Gasteiger partial charge on any atom is -0.356 e. The number of carbonyl (C=O) groups is 6. The Hall–Kier alpha value is -2.38. The van der Waals surface area contributed by atoms with E-state index in [1.54, 1.807) is 0 Å². The monoisotopic (exact) mass is 849 g/mol. The van der Waals surface area contributed by atoms with Gasteiger partial charge in [-0.15, -0.1) is 0 Å². The minimum absolute atomic E-state index is 0.0994. The lowest BCUT2D eigenvalue weighted by atomic mass is 9.87. The van der Waals surface area contributed by atoms with Crippen LogP contribution in [0, 0.1) is 17.8 Å². The molecule has 0 aromatic heterocycles. The van der Waals surface area contributed by atoms with Gasteiger partial charge >= 0.3 is 0 Å². The Balaban J connectivity index is 4.87. The average Bonchev–Trinajstić information content (AvgIpc) is 3.23. The maximum Gasteiger partial charge on any atom is 0.220 e. The topological polar surface area (TPSA) is 245 Å². The van der Waals surface area contributed by atoms with Crippen LogP contribution in [-0.2, 0) is 28.8 Å². The fourth-order valence-corrected chi connectivity index (χ4v) is 8.00. The normalized spacial score (nSPS) is 12.9. The van der Waals surface area contributed by atoms with E-state index in [4.69, 9.17) is 28.7 Å². The fourth-order valence-electron chi connectivity index (χ4n) is 8.00. The van der Waals surface area contributed by atoms with Crippen LogP contribution >= 0.6 is 0 Å². The molecule has 0 aliphatic carbocycles. The largest absolute Gasteiger partial charge is 0.356 e. The Morgan fingerprint density at radius 1 is 0.317 bits per heavy atom. The van der Waals surface area contributed by atoms with Gasteiger partial charge in [0.15, 0.2) is 0 Å². The Bertz CT molecular complexity index is 1120. The van der Waals surface area contributed by atoms with Crippen LogP contribution in [0.3, 0.4) is 0 Å². The fraction of sp³-hybridized carbons (Fsp3) is 0.875. The van der Waals surface area contributed by atoms with Crippen molar-refractivity contribution in [2.24, 2.45) is 46.4 Å². The highest BCUT2D eigenvalue weighted by Crippen LogP contribution is 2.23. The summed E-state index contributed by atoms with van der Waals surface area (Å²) in [5, 5.41) is 2.99. The minimum atomic E-state index is -0.293. The van der Waals surface area contributed by atoms with Crippen molar-refractivity contribution in [2.45, 2.75) is 212 Å². The second-order valence-corrected chi connectivity index (χ2v) is 17.4. The summed E-state index contributed by atoms with van der Waals surface area (Å²) >= 11 is 0. The maximum absolute atomic E-state index is 13.4. The second kappa shape index (κ2) is 41.9. The van der Waals surface area contributed by atoms with Crippen LogP contribution in [0.25, 0.3) is 0 Å². The molecule has 0 spiro atoms. The molecule has 0 fully saturated rings. The first kappa shape index (κ1) is 57.6. The number of hydrogen-bond donors (Lipinski definition) is 6. The first-order chi connectivity index (χ1) is 29.1. The standard InChI is InChI=1S/C48H92N6O6/c49-31-17-3-10-24-41(45(57)28-14-6-20-34-52)38-43(55)26-12-2-1-9-23-40(37-44(56)27-13-5-19-33-51)46(58)30-16-8-22-36-54-48(60)39-42(25-11-4-18-32-50)47(59)29-15-7-21-35-53/h40-42H,1-39,49-53H2,(H,54,60). The quantitative estimate of drug-likeness (QED) is 0.0328. The Labute approximate surface area is 365 Å². The zero-order valence-corrected chi connectivity index (χ0v) is 38.1. The molecule has 0 aliphatic rings. The van der Waals surface area contributed by atoms with E-state index in [0.717, 1.165) is 141 Å². The van der Waals surface area contributed by atoms with Crippen molar-refractivity contribution in [1.29, 1.82) is 0 Å². The van der Waals surface area contributed by atoms with Crippen molar-refractivity contribution in [3.05, 3.63) is 0 Å². The molecule has 0 aromatic rings. The van der Waals surface area contributed by atoms with E-state index in [-0.39, 0.29) is 65.4 Å². The molecule has 0 aliphatic heterocycles. The van der Waals surface area contributed by atoms with Crippen LogP contribution in [0.15, 0.2) is 0 Å². The van der Waals surface area contributed by atoms with Gasteiger partial charge in [-0.2, -0.15) is 0 Å². The average molecular weight is 849 g/mol. The summed E-state index contributed by atoms with van der Waals surface area (Å²) in [6.07, 6.45) is 24.4. The number of amides is 1. The lowest BCUT2D eigenvalue weighted by Crippen LogP contribution is -2.29. The third-order valence-electron chi connectivity index (χ3n) is 11.9. The van der Waals surface area contributed by atoms with Crippen LogP contribution in [0.1, 0.15) is 212 Å². The highest BCUT2D eigenvalue weighted by atomic mass is 16.2. The molecule has 0 heterocycles. The molecule has 350 valence electrons. The Morgan fingerprint density at radius 2 is 0.600 bits per heavy atom. The van der Waals surface area contributed by atoms with E-state index in [9.17, 15) is 28.8 Å². The number of hydrogen-bond acceptors (Lipinski definition) is 11. The van der Waals surface area contributed by atoms with Gasteiger partial charge in [-0.3, -0.25) is 28.8 Å². The summed E-state index contributed by atoms with van der Waals surface area (Å²) in [5.74, 6) is -0.0709. The Kier molecular flexibility index (Phi) is 40.3. The van der Waals surface area contributed by atoms with Gasteiger partial charge in [-0.05, 0) is 123 Å². The van der Waals surface area contributed by atoms with Gasteiger partial charge in [0, 0.05) is 75.7 Å². The molecular weight excluding hydrogens is 757 g/mol. The van der Waals surface area contributed by atoms with Crippen LogP contribution < -0.4 is 34.0 Å². The number of Topliss-reactive ketones (excluding diaryl/α,β-unsaturated/α-hetero) is 5. The zero-order valence-electron chi connectivity index (χ0n) is 38.1. The molecule has 0 saturated carbocycles. The lowest BCUT2D eigenvalue weighted by Gasteiger charge is -2.16. The van der Waals surface area contributed by atoms with Gasteiger partial charge in [0.25, 0.3) is 0 Å². The molecule has 60 heavy (non-hydrogen) atoms. The number of ketones is 5.